The Kier molecular flexibility index (Phi) is 4.42. The number of aromatic nitrogens is 3. The molecule has 1 amide bonds. The lowest BCUT2D eigenvalue weighted by Gasteiger charge is -2.14. The van der Waals surface area contributed by atoms with Crippen molar-refractivity contribution in [3.63, 3.8) is 0 Å². The zero-order valence-corrected chi connectivity index (χ0v) is 9.97. The predicted molar refractivity (Wildman–Crippen MR) is 60.5 cm³/mol. The van der Waals surface area contributed by atoms with Gasteiger partial charge in [-0.15, -0.1) is 10.2 Å². The fraction of sp³-hybridized carbons (Fsp3) is 0.700. The number of hydrogen-bond donors (Lipinski definition) is 2. The van der Waals surface area contributed by atoms with Crippen molar-refractivity contribution in [1.82, 2.24) is 20.1 Å². The maximum absolute atomic E-state index is 11.6. The molecule has 0 fully saturated rings. The first kappa shape index (κ1) is 12.6. The van der Waals surface area contributed by atoms with Gasteiger partial charge in [0.2, 0.25) is 5.91 Å². The molecule has 90 valence electrons. The molecule has 1 heterocycles. The molecule has 6 nitrogen and oxygen atoms in total. The number of hydrogen-bond acceptors (Lipinski definition) is 4. The average Bonchev–Trinajstić information content (AvgIpc) is 2.63. The van der Waals surface area contributed by atoms with Crippen LogP contribution < -0.4 is 11.1 Å². The molecule has 0 aliphatic rings. The summed E-state index contributed by atoms with van der Waals surface area (Å²) in [4.78, 5) is 11.6. The van der Waals surface area contributed by atoms with Crippen LogP contribution in [-0.4, -0.2) is 33.3 Å². The molecule has 1 aromatic rings. The van der Waals surface area contributed by atoms with Gasteiger partial charge in [-0.25, -0.2) is 0 Å². The number of carbonyl (C=O) groups excluding carboxylic acids is 1. The Morgan fingerprint density at radius 1 is 1.62 bits per heavy atom. The third kappa shape index (κ3) is 3.30. The average molecular weight is 225 g/mol. The van der Waals surface area contributed by atoms with E-state index in [4.69, 9.17) is 5.73 Å². The van der Waals surface area contributed by atoms with Crippen LogP contribution in [0, 0.1) is 5.92 Å². The van der Waals surface area contributed by atoms with Gasteiger partial charge in [0.05, 0.1) is 0 Å². The van der Waals surface area contributed by atoms with E-state index in [1.165, 1.54) is 0 Å². The molecule has 0 bridgehead atoms. The number of aryl methyl sites for hydroxylation is 1. The third-order valence-corrected chi connectivity index (χ3v) is 2.66. The Labute approximate surface area is 95.2 Å². The van der Waals surface area contributed by atoms with Crippen LogP contribution in [0.3, 0.4) is 0 Å². The topological polar surface area (TPSA) is 85.8 Å². The van der Waals surface area contributed by atoms with Gasteiger partial charge >= 0.3 is 0 Å². The quantitative estimate of drug-likeness (QED) is 0.704. The van der Waals surface area contributed by atoms with E-state index in [2.05, 4.69) is 15.5 Å². The zero-order chi connectivity index (χ0) is 12.1. The maximum Gasteiger partial charge on any atom is 0.224 e. The van der Waals surface area contributed by atoms with Crippen LogP contribution in [-0.2, 0) is 18.3 Å². The van der Waals surface area contributed by atoms with Crippen molar-refractivity contribution in [2.45, 2.75) is 26.3 Å². The third-order valence-electron chi connectivity index (χ3n) is 2.66. The Morgan fingerprint density at radius 2 is 2.31 bits per heavy atom. The molecule has 16 heavy (non-hydrogen) atoms. The summed E-state index contributed by atoms with van der Waals surface area (Å²) in [6, 6.07) is -0.130. The van der Waals surface area contributed by atoms with Crippen LogP contribution in [0.2, 0.25) is 0 Å². The van der Waals surface area contributed by atoms with Crippen molar-refractivity contribution in [3.05, 3.63) is 12.2 Å². The van der Waals surface area contributed by atoms with Gasteiger partial charge in [-0.3, -0.25) is 4.79 Å². The van der Waals surface area contributed by atoms with Crippen molar-refractivity contribution in [1.29, 1.82) is 0 Å². The van der Waals surface area contributed by atoms with Crippen LogP contribution in [0.25, 0.3) is 0 Å². The molecule has 0 aromatic carbocycles. The molecule has 1 aromatic heterocycles. The fourth-order valence-corrected chi connectivity index (χ4v) is 1.23. The summed E-state index contributed by atoms with van der Waals surface area (Å²) in [5.41, 5.74) is 5.64. The minimum atomic E-state index is -0.167. The second-order valence-corrected chi connectivity index (χ2v) is 4.05. The standard InChI is InChI=1S/C10H19N5O/c1-7(8(2)11)10(16)12-5-4-9-14-13-6-15(9)3/h6-8H,4-5,11H2,1-3H3,(H,12,16). The minimum absolute atomic E-state index is 0.0165. The van der Waals surface area contributed by atoms with E-state index in [-0.39, 0.29) is 17.9 Å². The number of rotatable bonds is 5. The summed E-state index contributed by atoms with van der Waals surface area (Å²) in [7, 11) is 1.88. The van der Waals surface area contributed by atoms with Crippen LogP contribution in [0.4, 0.5) is 0 Å². The number of nitrogens with two attached hydrogens (primary N) is 1. The summed E-state index contributed by atoms with van der Waals surface area (Å²) in [5, 5.41) is 10.5. The van der Waals surface area contributed by atoms with Gasteiger partial charge in [-0.1, -0.05) is 6.92 Å². The molecule has 6 heteroatoms. The van der Waals surface area contributed by atoms with E-state index in [9.17, 15) is 4.79 Å². The van der Waals surface area contributed by atoms with Crippen LogP contribution in [0.1, 0.15) is 19.7 Å². The largest absolute Gasteiger partial charge is 0.355 e. The second kappa shape index (κ2) is 5.60. The Hall–Kier alpha value is -1.43. The fourth-order valence-electron chi connectivity index (χ4n) is 1.23. The zero-order valence-electron chi connectivity index (χ0n) is 9.97. The highest BCUT2D eigenvalue weighted by molar-refractivity contribution is 5.78. The Bertz CT molecular complexity index is 347. The minimum Gasteiger partial charge on any atom is -0.355 e. The van der Waals surface area contributed by atoms with E-state index in [0.717, 1.165) is 5.82 Å². The summed E-state index contributed by atoms with van der Waals surface area (Å²) < 4.78 is 1.83. The smallest absolute Gasteiger partial charge is 0.224 e. The van der Waals surface area contributed by atoms with E-state index in [1.54, 1.807) is 6.33 Å². The van der Waals surface area contributed by atoms with Crippen molar-refractivity contribution in [3.8, 4) is 0 Å². The molecule has 0 radical (unpaired) electrons. The van der Waals surface area contributed by atoms with Crippen molar-refractivity contribution < 1.29 is 4.79 Å². The number of nitrogens with zero attached hydrogens (tertiary/aromatic N) is 3. The first-order valence-corrected chi connectivity index (χ1v) is 5.38. The van der Waals surface area contributed by atoms with Gasteiger partial charge in [0.15, 0.2) is 0 Å². The first-order valence-electron chi connectivity index (χ1n) is 5.38. The highest BCUT2D eigenvalue weighted by Gasteiger charge is 2.16. The van der Waals surface area contributed by atoms with Gasteiger partial charge < -0.3 is 15.6 Å². The van der Waals surface area contributed by atoms with Gasteiger partial charge in [-0.2, -0.15) is 0 Å². The Balaban J connectivity index is 2.31. The van der Waals surface area contributed by atoms with Gasteiger partial charge in [0.1, 0.15) is 12.2 Å². The van der Waals surface area contributed by atoms with E-state index >= 15 is 0 Å². The molecule has 0 saturated carbocycles. The summed E-state index contributed by atoms with van der Waals surface area (Å²) in [6.45, 7) is 4.21. The lowest BCUT2D eigenvalue weighted by molar-refractivity contribution is -0.124. The van der Waals surface area contributed by atoms with E-state index in [0.29, 0.717) is 13.0 Å². The van der Waals surface area contributed by atoms with Crippen molar-refractivity contribution in [2.24, 2.45) is 18.7 Å². The SMILES string of the molecule is CC(N)C(C)C(=O)NCCc1nncn1C. The molecule has 0 aliphatic heterocycles. The first-order chi connectivity index (χ1) is 7.52. The molecule has 3 N–H and O–H groups in total. The van der Waals surface area contributed by atoms with Gasteiger partial charge in [0, 0.05) is 32.0 Å². The molecular weight excluding hydrogens is 206 g/mol. The van der Waals surface area contributed by atoms with Crippen LogP contribution in [0.5, 0.6) is 0 Å². The molecule has 1 rings (SSSR count). The van der Waals surface area contributed by atoms with Crippen LogP contribution in [0.15, 0.2) is 6.33 Å². The molecule has 2 atom stereocenters. The Morgan fingerprint density at radius 3 is 2.81 bits per heavy atom. The number of nitrogens with one attached hydrogen (secondary N) is 1. The normalized spacial score (nSPS) is 14.5. The molecule has 2 unspecified atom stereocenters. The van der Waals surface area contributed by atoms with Crippen molar-refractivity contribution in [2.75, 3.05) is 6.54 Å². The molecule has 0 aliphatic carbocycles. The predicted octanol–water partition coefficient (Wildman–Crippen LogP) is -0.543. The maximum atomic E-state index is 11.6. The number of amides is 1. The molecule has 0 saturated heterocycles. The lowest BCUT2D eigenvalue weighted by Crippen LogP contribution is -2.39. The highest BCUT2D eigenvalue weighted by Crippen LogP contribution is 1.99. The van der Waals surface area contributed by atoms with E-state index < -0.39 is 0 Å². The second-order valence-electron chi connectivity index (χ2n) is 4.05. The monoisotopic (exact) mass is 225 g/mol. The highest BCUT2D eigenvalue weighted by atomic mass is 16.1. The lowest BCUT2D eigenvalue weighted by atomic mass is 10.0. The van der Waals surface area contributed by atoms with Gasteiger partial charge in [-0.05, 0) is 6.92 Å². The molecule has 0 spiro atoms. The number of carbonyl (C=O) groups is 1. The van der Waals surface area contributed by atoms with Gasteiger partial charge in [0.25, 0.3) is 0 Å². The summed E-state index contributed by atoms with van der Waals surface area (Å²) >= 11 is 0. The summed E-state index contributed by atoms with van der Waals surface area (Å²) in [5.74, 6) is 0.672. The summed E-state index contributed by atoms with van der Waals surface area (Å²) in [6.07, 6.45) is 2.32. The molecular formula is C10H19N5O. The van der Waals surface area contributed by atoms with Crippen molar-refractivity contribution >= 4 is 5.91 Å². The van der Waals surface area contributed by atoms with E-state index in [1.807, 2.05) is 25.5 Å². The van der Waals surface area contributed by atoms with Crippen LogP contribution >= 0.6 is 0 Å².